The summed E-state index contributed by atoms with van der Waals surface area (Å²) in [5.74, 6) is 0.295. The molecular weight excluding hydrogens is 264 g/mol. The van der Waals surface area contributed by atoms with Gasteiger partial charge in [0.25, 0.3) is 0 Å². The maximum absolute atomic E-state index is 12.9. The van der Waals surface area contributed by atoms with E-state index in [2.05, 4.69) is 16.3 Å². The Morgan fingerprint density at radius 3 is 2.67 bits per heavy atom. The molecule has 1 amide bonds. The van der Waals surface area contributed by atoms with E-state index >= 15 is 0 Å². The summed E-state index contributed by atoms with van der Waals surface area (Å²) < 4.78 is 0. The number of hydrogen-bond donors (Lipinski definition) is 1. The minimum atomic E-state index is 0.0763. The summed E-state index contributed by atoms with van der Waals surface area (Å²) in [7, 11) is 0. The molecule has 3 aliphatic rings. The van der Waals surface area contributed by atoms with E-state index in [1.165, 1.54) is 0 Å². The number of piperidine rings is 1. The van der Waals surface area contributed by atoms with Gasteiger partial charge in [-0.3, -0.25) is 9.69 Å². The quantitative estimate of drug-likeness (QED) is 0.824. The van der Waals surface area contributed by atoms with Crippen molar-refractivity contribution in [2.24, 2.45) is 0 Å². The Kier molecular flexibility index (Phi) is 4.77. The molecule has 0 radical (unpaired) electrons. The number of likely N-dealkylation sites (tertiary alicyclic amines) is 1. The van der Waals surface area contributed by atoms with Crippen LogP contribution in [0.5, 0.6) is 0 Å². The second-order valence-corrected chi connectivity index (χ2v) is 6.55. The second-order valence-electron chi connectivity index (χ2n) is 6.55. The van der Waals surface area contributed by atoms with Crippen LogP contribution < -0.4 is 5.32 Å². The van der Waals surface area contributed by atoms with Gasteiger partial charge in [-0.1, -0.05) is 0 Å². The minimum absolute atomic E-state index is 0.0763. The second kappa shape index (κ2) is 6.76. The van der Waals surface area contributed by atoms with Crippen molar-refractivity contribution in [1.82, 2.24) is 15.1 Å². The largest absolute Gasteiger partial charge is 0.337 e. The van der Waals surface area contributed by atoms with Gasteiger partial charge in [0.15, 0.2) is 0 Å². The van der Waals surface area contributed by atoms with Crippen molar-refractivity contribution in [1.29, 1.82) is 5.26 Å². The summed E-state index contributed by atoms with van der Waals surface area (Å²) in [6.45, 7) is 3.83. The normalized spacial score (nSPS) is 27.5. The van der Waals surface area contributed by atoms with E-state index in [0.29, 0.717) is 31.0 Å². The van der Waals surface area contributed by atoms with E-state index in [4.69, 9.17) is 5.26 Å². The lowest BCUT2D eigenvalue weighted by Gasteiger charge is -2.37. The van der Waals surface area contributed by atoms with Crippen LogP contribution in [0.4, 0.5) is 0 Å². The smallest absolute Gasteiger partial charge is 0.240 e. The fraction of sp³-hybridized carbons (Fsp3) is 0.875. The molecule has 3 fully saturated rings. The van der Waals surface area contributed by atoms with Crippen LogP contribution in [0.3, 0.4) is 0 Å². The van der Waals surface area contributed by atoms with Crippen molar-refractivity contribution in [2.45, 2.75) is 63.1 Å². The standard InChI is InChI=1S/C16H26N4O/c17-8-2-12-20(13-4-5-13)16(21)15-3-1-11-19(15)14-6-9-18-10-7-14/h13-15,18H,1-7,9-12H2. The summed E-state index contributed by atoms with van der Waals surface area (Å²) in [5, 5.41) is 12.2. The molecule has 2 heterocycles. The third kappa shape index (κ3) is 3.38. The van der Waals surface area contributed by atoms with Gasteiger partial charge in [0, 0.05) is 18.6 Å². The third-order valence-electron chi connectivity index (χ3n) is 5.09. The van der Waals surface area contributed by atoms with Crippen LogP contribution in [0.25, 0.3) is 0 Å². The molecule has 0 aromatic carbocycles. The van der Waals surface area contributed by atoms with E-state index in [-0.39, 0.29) is 6.04 Å². The molecule has 1 N–H and O–H groups in total. The number of carbonyl (C=O) groups is 1. The monoisotopic (exact) mass is 290 g/mol. The van der Waals surface area contributed by atoms with Gasteiger partial charge in [-0.05, 0) is 58.2 Å². The van der Waals surface area contributed by atoms with Crippen molar-refractivity contribution in [2.75, 3.05) is 26.2 Å². The average Bonchev–Trinajstić information content (AvgIpc) is 3.24. The van der Waals surface area contributed by atoms with E-state index < -0.39 is 0 Å². The maximum atomic E-state index is 12.9. The molecular formula is C16H26N4O. The number of rotatable bonds is 5. The van der Waals surface area contributed by atoms with Gasteiger partial charge >= 0.3 is 0 Å². The van der Waals surface area contributed by atoms with Crippen molar-refractivity contribution in [3.8, 4) is 6.07 Å². The third-order valence-corrected chi connectivity index (χ3v) is 5.09. The molecule has 0 spiro atoms. The van der Waals surface area contributed by atoms with Crippen LogP contribution in [-0.4, -0.2) is 60.0 Å². The molecule has 5 heteroatoms. The molecule has 1 aliphatic carbocycles. The van der Waals surface area contributed by atoms with Gasteiger partial charge in [-0.25, -0.2) is 0 Å². The molecule has 21 heavy (non-hydrogen) atoms. The Bertz CT molecular complexity index is 409. The Morgan fingerprint density at radius 1 is 1.24 bits per heavy atom. The lowest BCUT2D eigenvalue weighted by molar-refractivity contribution is -0.137. The van der Waals surface area contributed by atoms with Crippen LogP contribution >= 0.6 is 0 Å². The van der Waals surface area contributed by atoms with Crippen LogP contribution in [0.2, 0.25) is 0 Å². The highest BCUT2D eigenvalue weighted by molar-refractivity contribution is 5.83. The van der Waals surface area contributed by atoms with Crippen molar-refractivity contribution < 1.29 is 4.79 Å². The lowest BCUT2D eigenvalue weighted by Crippen LogP contribution is -2.52. The van der Waals surface area contributed by atoms with E-state index in [1.807, 2.05) is 4.90 Å². The van der Waals surface area contributed by atoms with Gasteiger partial charge in [0.1, 0.15) is 0 Å². The molecule has 0 aromatic rings. The van der Waals surface area contributed by atoms with E-state index in [1.54, 1.807) is 0 Å². The summed E-state index contributed by atoms with van der Waals surface area (Å²) in [5.41, 5.74) is 0. The number of hydrogen-bond acceptors (Lipinski definition) is 4. The summed E-state index contributed by atoms with van der Waals surface area (Å²) in [6, 6.07) is 3.25. The zero-order valence-corrected chi connectivity index (χ0v) is 12.8. The molecule has 0 bridgehead atoms. The first kappa shape index (κ1) is 14.8. The summed E-state index contributed by atoms with van der Waals surface area (Å²) >= 11 is 0. The highest BCUT2D eigenvalue weighted by Crippen LogP contribution is 2.31. The highest BCUT2D eigenvalue weighted by Gasteiger charge is 2.41. The molecule has 5 nitrogen and oxygen atoms in total. The van der Waals surface area contributed by atoms with Crippen molar-refractivity contribution in [3.05, 3.63) is 0 Å². The molecule has 1 unspecified atom stereocenters. The fourth-order valence-corrected chi connectivity index (χ4v) is 3.85. The average molecular weight is 290 g/mol. The van der Waals surface area contributed by atoms with Gasteiger partial charge in [0.2, 0.25) is 5.91 Å². The molecule has 1 saturated carbocycles. The van der Waals surface area contributed by atoms with E-state index in [9.17, 15) is 4.79 Å². The van der Waals surface area contributed by atoms with Crippen LogP contribution in [0.1, 0.15) is 44.9 Å². The minimum Gasteiger partial charge on any atom is -0.337 e. The van der Waals surface area contributed by atoms with Gasteiger partial charge < -0.3 is 10.2 Å². The van der Waals surface area contributed by atoms with Gasteiger partial charge in [-0.15, -0.1) is 0 Å². The van der Waals surface area contributed by atoms with Crippen LogP contribution in [-0.2, 0) is 4.79 Å². The first-order valence-electron chi connectivity index (χ1n) is 8.45. The molecule has 2 aliphatic heterocycles. The first-order chi connectivity index (χ1) is 10.3. The van der Waals surface area contributed by atoms with Crippen LogP contribution in [0, 0.1) is 11.3 Å². The Balaban J connectivity index is 1.65. The topological polar surface area (TPSA) is 59.4 Å². The zero-order valence-electron chi connectivity index (χ0n) is 12.8. The van der Waals surface area contributed by atoms with Gasteiger partial charge in [-0.2, -0.15) is 5.26 Å². The Morgan fingerprint density at radius 2 is 2.00 bits per heavy atom. The molecule has 116 valence electrons. The van der Waals surface area contributed by atoms with Crippen molar-refractivity contribution >= 4 is 5.91 Å². The Labute approximate surface area is 127 Å². The van der Waals surface area contributed by atoms with Crippen molar-refractivity contribution in [3.63, 3.8) is 0 Å². The summed E-state index contributed by atoms with van der Waals surface area (Å²) in [4.78, 5) is 17.4. The maximum Gasteiger partial charge on any atom is 0.240 e. The molecule has 1 atom stereocenters. The number of nitrogens with zero attached hydrogens (tertiary/aromatic N) is 3. The molecule has 0 aromatic heterocycles. The number of carbonyl (C=O) groups excluding carboxylic acids is 1. The first-order valence-corrected chi connectivity index (χ1v) is 8.45. The zero-order chi connectivity index (χ0) is 14.7. The van der Waals surface area contributed by atoms with E-state index in [0.717, 1.165) is 58.2 Å². The molecule has 2 saturated heterocycles. The lowest BCUT2D eigenvalue weighted by atomic mass is 10.0. The predicted molar refractivity (Wildman–Crippen MR) is 80.6 cm³/mol. The number of nitriles is 1. The number of nitrogens with one attached hydrogen (secondary N) is 1. The SMILES string of the molecule is N#CCCN(C(=O)C1CCCN1C1CCNCC1)C1CC1. The Hall–Kier alpha value is -1.12. The number of amides is 1. The molecule has 3 rings (SSSR count). The van der Waals surface area contributed by atoms with Crippen LogP contribution in [0.15, 0.2) is 0 Å². The summed E-state index contributed by atoms with van der Waals surface area (Å²) in [6.07, 6.45) is 7.16. The van der Waals surface area contributed by atoms with Gasteiger partial charge in [0.05, 0.1) is 18.5 Å². The fourth-order valence-electron chi connectivity index (χ4n) is 3.85. The predicted octanol–water partition coefficient (Wildman–Crippen LogP) is 1.11. The highest BCUT2D eigenvalue weighted by atomic mass is 16.2.